The van der Waals surface area contributed by atoms with Gasteiger partial charge in [0, 0.05) is 27.6 Å². The zero-order valence-electron chi connectivity index (χ0n) is 18.3. The van der Waals surface area contributed by atoms with Gasteiger partial charge in [0.05, 0.1) is 11.0 Å². The predicted octanol–water partition coefficient (Wildman–Crippen LogP) is 5.18. The molecule has 1 amide bonds. The van der Waals surface area contributed by atoms with Crippen molar-refractivity contribution in [2.75, 3.05) is 0 Å². The second-order valence-electron chi connectivity index (χ2n) is 9.60. The molecule has 7 rings (SSSR count). The van der Waals surface area contributed by atoms with Gasteiger partial charge < -0.3 is 10.3 Å². The first kappa shape index (κ1) is 19.9. The molecule has 33 heavy (non-hydrogen) atoms. The number of imidazole rings is 1. The number of carbonyl (C=O) groups is 2. The van der Waals surface area contributed by atoms with Gasteiger partial charge in [0.15, 0.2) is 5.78 Å². The van der Waals surface area contributed by atoms with E-state index in [0.717, 1.165) is 49.0 Å². The molecule has 0 aliphatic heterocycles. The van der Waals surface area contributed by atoms with E-state index in [4.69, 9.17) is 4.98 Å². The van der Waals surface area contributed by atoms with E-state index in [-0.39, 0.29) is 22.6 Å². The van der Waals surface area contributed by atoms with Crippen LogP contribution in [0.4, 0.5) is 0 Å². The van der Waals surface area contributed by atoms with Crippen molar-refractivity contribution in [3.63, 3.8) is 0 Å². The molecule has 2 bridgehead atoms. The Hall–Kier alpha value is -3.73. The summed E-state index contributed by atoms with van der Waals surface area (Å²) in [6.45, 7) is 0. The first-order valence-corrected chi connectivity index (χ1v) is 11.5. The molecule has 0 unspecified atom stereocenters. The van der Waals surface area contributed by atoms with E-state index < -0.39 is 0 Å². The van der Waals surface area contributed by atoms with Crippen molar-refractivity contribution in [1.82, 2.24) is 15.3 Å². The average molecular weight is 436 g/mol. The Kier molecular flexibility index (Phi) is 4.47. The van der Waals surface area contributed by atoms with E-state index in [2.05, 4.69) is 16.4 Å². The molecule has 0 saturated heterocycles. The van der Waals surface area contributed by atoms with Crippen molar-refractivity contribution in [2.45, 2.75) is 43.1 Å². The Bertz CT molecular complexity index is 1320. The molecule has 3 saturated carbocycles. The minimum absolute atomic E-state index is 0.0243. The molecular formula is C28H25N3O2. The highest BCUT2D eigenvalue weighted by atomic mass is 16.2. The van der Waals surface area contributed by atoms with Gasteiger partial charge in [-0.2, -0.15) is 0 Å². The molecule has 164 valence electrons. The van der Waals surface area contributed by atoms with Crippen molar-refractivity contribution in [3.05, 3.63) is 101 Å². The second-order valence-corrected chi connectivity index (χ2v) is 9.60. The summed E-state index contributed by atoms with van der Waals surface area (Å²) in [6.07, 6.45) is 4.99. The SMILES string of the molecule is O=C(NC12CCCC(c3nc4ccccc4[nH]3)(C1)C2)c1ccc(C(=O)c2ccccc2)cc1. The molecule has 2 N–H and O–H groups in total. The third-order valence-corrected chi connectivity index (χ3v) is 7.38. The third-order valence-electron chi connectivity index (χ3n) is 7.38. The summed E-state index contributed by atoms with van der Waals surface area (Å²) in [5, 5.41) is 3.32. The summed E-state index contributed by atoms with van der Waals surface area (Å²) >= 11 is 0. The van der Waals surface area contributed by atoms with Crippen LogP contribution in [-0.2, 0) is 5.41 Å². The number of nitrogens with one attached hydrogen (secondary N) is 2. The molecule has 3 aliphatic rings. The van der Waals surface area contributed by atoms with E-state index in [1.54, 1.807) is 36.4 Å². The molecule has 4 aromatic rings. The lowest BCUT2D eigenvalue weighted by Gasteiger charge is -2.60. The molecule has 0 radical (unpaired) electrons. The van der Waals surface area contributed by atoms with E-state index >= 15 is 0 Å². The zero-order chi connectivity index (χ0) is 22.5. The van der Waals surface area contributed by atoms with Crippen molar-refractivity contribution in [2.24, 2.45) is 0 Å². The van der Waals surface area contributed by atoms with Gasteiger partial charge in [0.1, 0.15) is 5.82 Å². The number of H-pyrrole nitrogens is 1. The fraction of sp³-hybridized carbons (Fsp3) is 0.250. The lowest BCUT2D eigenvalue weighted by Crippen LogP contribution is -2.66. The lowest BCUT2D eigenvalue weighted by molar-refractivity contribution is 0.00533. The van der Waals surface area contributed by atoms with Crippen LogP contribution < -0.4 is 5.32 Å². The Morgan fingerprint density at radius 1 is 0.788 bits per heavy atom. The summed E-state index contributed by atoms with van der Waals surface area (Å²) in [5.74, 6) is 0.939. The molecule has 1 heterocycles. The summed E-state index contributed by atoms with van der Waals surface area (Å²) in [6, 6.07) is 24.3. The number of ketones is 1. The van der Waals surface area contributed by atoms with Crippen LogP contribution in [0.2, 0.25) is 0 Å². The average Bonchev–Trinajstić information content (AvgIpc) is 3.29. The van der Waals surface area contributed by atoms with Gasteiger partial charge >= 0.3 is 0 Å². The number of amides is 1. The molecule has 3 aromatic carbocycles. The monoisotopic (exact) mass is 435 g/mol. The number of hydrogen-bond donors (Lipinski definition) is 2. The van der Waals surface area contributed by atoms with Crippen LogP contribution in [-0.4, -0.2) is 27.2 Å². The number of benzene rings is 3. The molecule has 0 spiro atoms. The van der Waals surface area contributed by atoms with E-state index in [1.165, 1.54) is 0 Å². The van der Waals surface area contributed by atoms with E-state index in [9.17, 15) is 9.59 Å². The number of fused-ring (bicyclic) bond motifs is 3. The number of aromatic amines is 1. The summed E-state index contributed by atoms with van der Waals surface area (Å²) < 4.78 is 0. The van der Waals surface area contributed by atoms with Gasteiger partial charge in [-0.25, -0.2) is 4.98 Å². The predicted molar refractivity (Wildman–Crippen MR) is 127 cm³/mol. The van der Waals surface area contributed by atoms with Crippen molar-refractivity contribution >= 4 is 22.7 Å². The van der Waals surface area contributed by atoms with Crippen LogP contribution in [0.1, 0.15) is 64.2 Å². The van der Waals surface area contributed by atoms with Crippen LogP contribution >= 0.6 is 0 Å². The molecule has 3 fully saturated rings. The minimum Gasteiger partial charge on any atom is -0.347 e. The second kappa shape index (κ2) is 7.41. The van der Waals surface area contributed by atoms with Crippen molar-refractivity contribution in [3.8, 4) is 0 Å². The summed E-state index contributed by atoms with van der Waals surface area (Å²) in [4.78, 5) is 34.1. The van der Waals surface area contributed by atoms with Crippen LogP contribution in [0.5, 0.6) is 0 Å². The maximum Gasteiger partial charge on any atom is 0.251 e. The highest BCUT2D eigenvalue weighted by Crippen LogP contribution is 2.58. The van der Waals surface area contributed by atoms with Crippen LogP contribution in [0.15, 0.2) is 78.9 Å². The largest absolute Gasteiger partial charge is 0.347 e. The maximum absolute atomic E-state index is 13.1. The minimum atomic E-state index is -0.174. The number of aromatic nitrogens is 2. The Morgan fingerprint density at radius 3 is 2.21 bits per heavy atom. The number of carbonyl (C=O) groups excluding carboxylic acids is 2. The highest BCUT2D eigenvalue weighted by molar-refractivity contribution is 6.09. The van der Waals surface area contributed by atoms with Gasteiger partial charge in [0.2, 0.25) is 0 Å². The van der Waals surface area contributed by atoms with Gasteiger partial charge in [0.25, 0.3) is 5.91 Å². The number of para-hydroxylation sites is 2. The molecule has 0 atom stereocenters. The van der Waals surface area contributed by atoms with Crippen molar-refractivity contribution in [1.29, 1.82) is 0 Å². The Morgan fingerprint density at radius 2 is 1.45 bits per heavy atom. The van der Waals surface area contributed by atoms with Gasteiger partial charge in [-0.1, -0.05) is 61.0 Å². The fourth-order valence-electron chi connectivity index (χ4n) is 5.85. The lowest BCUT2D eigenvalue weighted by atomic mass is 9.49. The first-order valence-electron chi connectivity index (χ1n) is 11.5. The van der Waals surface area contributed by atoms with Crippen molar-refractivity contribution < 1.29 is 9.59 Å². The standard InChI is InChI=1S/C28H25N3O2/c32-24(19-7-2-1-3-8-19)20-11-13-21(14-12-20)25(33)31-28-16-6-15-27(17-28,18-28)26-29-22-9-4-5-10-23(22)30-26/h1-5,7-14H,6,15-18H2,(H,29,30)(H,31,33). The molecule has 3 aliphatic carbocycles. The Balaban J connectivity index is 1.17. The van der Waals surface area contributed by atoms with Gasteiger partial charge in [-0.15, -0.1) is 0 Å². The molecule has 1 aromatic heterocycles. The van der Waals surface area contributed by atoms with Crippen LogP contribution in [0, 0.1) is 0 Å². The maximum atomic E-state index is 13.1. The van der Waals surface area contributed by atoms with E-state index in [0.29, 0.717) is 16.7 Å². The number of hydrogen-bond acceptors (Lipinski definition) is 3. The first-order chi connectivity index (χ1) is 16.1. The third kappa shape index (κ3) is 3.35. The number of rotatable bonds is 5. The Labute approximate surface area is 192 Å². The summed E-state index contributed by atoms with van der Waals surface area (Å²) in [5.41, 5.74) is 3.73. The quantitative estimate of drug-likeness (QED) is 0.424. The molecule has 5 nitrogen and oxygen atoms in total. The van der Waals surface area contributed by atoms with Gasteiger partial charge in [-0.3, -0.25) is 9.59 Å². The van der Waals surface area contributed by atoms with E-state index in [1.807, 2.05) is 36.4 Å². The normalized spacial score (nSPS) is 23.6. The fourth-order valence-corrected chi connectivity index (χ4v) is 5.85. The molecular weight excluding hydrogens is 410 g/mol. The molecule has 5 heteroatoms. The van der Waals surface area contributed by atoms with Crippen LogP contribution in [0.25, 0.3) is 11.0 Å². The number of nitrogens with zero attached hydrogens (tertiary/aromatic N) is 1. The smallest absolute Gasteiger partial charge is 0.251 e. The zero-order valence-corrected chi connectivity index (χ0v) is 18.3. The highest BCUT2D eigenvalue weighted by Gasteiger charge is 2.60. The van der Waals surface area contributed by atoms with Crippen LogP contribution in [0.3, 0.4) is 0 Å². The summed E-state index contributed by atoms with van der Waals surface area (Å²) in [7, 11) is 0. The topological polar surface area (TPSA) is 74.8 Å². The van der Waals surface area contributed by atoms with Gasteiger partial charge in [-0.05, 0) is 49.9 Å².